The van der Waals surface area contributed by atoms with Crippen molar-refractivity contribution >= 4 is 0 Å². The van der Waals surface area contributed by atoms with E-state index in [2.05, 4.69) is 9.88 Å². The van der Waals surface area contributed by atoms with Gasteiger partial charge in [0.15, 0.2) is 0 Å². The topological polar surface area (TPSA) is 87.7 Å². The van der Waals surface area contributed by atoms with Crippen molar-refractivity contribution in [2.24, 2.45) is 0 Å². The summed E-state index contributed by atoms with van der Waals surface area (Å²) in [7, 11) is 3.17. The van der Waals surface area contributed by atoms with Gasteiger partial charge in [-0.15, -0.1) is 0 Å². The quantitative estimate of drug-likeness (QED) is 0.803. The number of nitrogens with one attached hydrogen (secondary N) is 1. The van der Waals surface area contributed by atoms with Crippen molar-refractivity contribution in [2.75, 3.05) is 20.8 Å². The van der Waals surface area contributed by atoms with E-state index in [9.17, 15) is 9.90 Å². The van der Waals surface area contributed by atoms with Crippen molar-refractivity contribution in [1.29, 1.82) is 0 Å². The highest BCUT2D eigenvalue weighted by molar-refractivity contribution is 5.50. The van der Waals surface area contributed by atoms with Crippen molar-refractivity contribution in [2.45, 2.75) is 57.5 Å². The van der Waals surface area contributed by atoms with Gasteiger partial charge in [-0.2, -0.15) is 0 Å². The number of methoxy groups -OCH3 is 2. The van der Waals surface area contributed by atoms with Crippen LogP contribution in [0.1, 0.15) is 60.7 Å². The summed E-state index contributed by atoms with van der Waals surface area (Å²) in [6.07, 6.45) is 6.57. The van der Waals surface area contributed by atoms with E-state index < -0.39 is 0 Å². The summed E-state index contributed by atoms with van der Waals surface area (Å²) >= 11 is 0. The molecule has 156 valence electrons. The summed E-state index contributed by atoms with van der Waals surface area (Å²) in [4.78, 5) is 22.8. The average Bonchev–Trinajstić information content (AvgIpc) is 2.75. The fourth-order valence-corrected chi connectivity index (χ4v) is 4.57. The first-order valence-corrected chi connectivity index (χ1v) is 10.4. The lowest BCUT2D eigenvalue weighted by Gasteiger charge is -2.29. The molecule has 2 N–H and O–H groups in total. The number of phenolic OH excluding ortho intramolecular Hbond substituents is 1. The number of fused-ring (bicyclic) bond motifs is 1. The molecular weight excluding hydrogens is 370 g/mol. The Morgan fingerprint density at radius 3 is 2.52 bits per heavy atom. The number of nitrogens with zero attached hydrogens (tertiary/aromatic N) is 2. The second kappa shape index (κ2) is 8.45. The SMILES string of the molecule is COc1cc(O)cc(OC)c1CN1CCc2c(nc(C3CCCCC3)[nH]c2=O)C1. The molecule has 2 aromatic rings. The van der Waals surface area contributed by atoms with Gasteiger partial charge >= 0.3 is 0 Å². The average molecular weight is 399 g/mol. The predicted octanol–water partition coefficient (Wildman–Crippen LogP) is 3.10. The Labute approximate surface area is 170 Å². The highest BCUT2D eigenvalue weighted by atomic mass is 16.5. The molecular formula is C22H29N3O4. The summed E-state index contributed by atoms with van der Waals surface area (Å²) in [5.41, 5.74) is 2.60. The van der Waals surface area contributed by atoms with Gasteiger partial charge in [0.2, 0.25) is 0 Å². The summed E-state index contributed by atoms with van der Waals surface area (Å²) in [5.74, 6) is 2.52. The van der Waals surface area contributed by atoms with Crippen LogP contribution in [-0.2, 0) is 19.5 Å². The zero-order valence-electron chi connectivity index (χ0n) is 17.2. The van der Waals surface area contributed by atoms with Crippen LogP contribution >= 0.6 is 0 Å². The normalized spacial score (nSPS) is 17.7. The van der Waals surface area contributed by atoms with E-state index in [1.54, 1.807) is 26.4 Å². The van der Waals surface area contributed by atoms with Crippen molar-refractivity contribution in [3.63, 3.8) is 0 Å². The van der Waals surface area contributed by atoms with Crippen molar-refractivity contribution in [3.05, 3.63) is 45.1 Å². The molecule has 2 aliphatic rings. The smallest absolute Gasteiger partial charge is 0.254 e. The van der Waals surface area contributed by atoms with Crippen molar-refractivity contribution < 1.29 is 14.6 Å². The van der Waals surface area contributed by atoms with Gasteiger partial charge in [-0.05, 0) is 19.3 Å². The molecule has 1 aliphatic carbocycles. The molecule has 0 saturated heterocycles. The second-order valence-corrected chi connectivity index (χ2v) is 8.00. The molecule has 0 amide bonds. The maximum Gasteiger partial charge on any atom is 0.254 e. The van der Waals surface area contributed by atoms with Crippen LogP contribution < -0.4 is 15.0 Å². The highest BCUT2D eigenvalue weighted by Gasteiger charge is 2.26. The lowest BCUT2D eigenvalue weighted by molar-refractivity contribution is 0.231. The lowest BCUT2D eigenvalue weighted by atomic mass is 9.88. The second-order valence-electron chi connectivity index (χ2n) is 8.00. The third-order valence-electron chi connectivity index (χ3n) is 6.14. The molecule has 1 aromatic heterocycles. The molecule has 0 unspecified atom stereocenters. The molecule has 1 aromatic carbocycles. The minimum absolute atomic E-state index is 0.0232. The number of hydrogen-bond acceptors (Lipinski definition) is 6. The van der Waals surface area contributed by atoms with Gasteiger partial charge in [0.05, 0.1) is 25.5 Å². The van der Waals surface area contributed by atoms with Gasteiger partial charge in [-0.25, -0.2) is 4.98 Å². The molecule has 1 fully saturated rings. The van der Waals surface area contributed by atoms with Gasteiger partial charge in [0.1, 0.15) is 23.1 Å². The number of H-pyrrole nitrogens is 1. The number of ether oxygens (including phenoxy) is 2. The number of aromatic hydroxyl groups is 1. The van der Waals surface area contributed by atoms with Crippen LogP contribution in [0, 0.1) is 0 Å². The number of aromatic amines is 1. The molecule has 0 bridgehead atoms. The first kappa shape index (κ1) is 19.8. The molecule has 7 heteroatoms. The van der Waals surface area contributed by atoms with Crippen molar-refractivity contribution in [1.82, 2.24) is 14.9 Å². The minimum atomic E-state index is 0.0232. The summed E-state index contributed by atoms with van der Waals surface area (Å²) < 4.78 is 10.9. The molecule has 4 rings (SSSR count). The van der Waals surface area contributed by atoms with E-state index in [-0.39, 0.29) is 11.3 Å². The molecule has 0 atom stereocenters. The van der Waals surface area contributed by atoms with Gasteiger partial charge < -0.3 is 19.6 Å². The van der Waals surface area contributed by atoms with Crippen LogP contribution in [0.15, 0.2) is 16.9 Å². The van der Waals surface area contributed by atoms with E-state index in [0.717, 1.165) is 42.0 Å². The zero-order chi connectivity index (χ0) is 20.4. The molecule has 0 radical (unpaired) electrons. The van der Waals surface area contributed by atoms with Crippen LogP contribution in [0.4, 0.5) is 0 Å². The van der Waals surface area contributed by atoms with Crippen LogP contribution in [0.2, 0.25) is 0 Å². The molecule has 1 saturated carbocycles. The van der Waals surface area contributed by atoms with Crippen LogP contribution in [0.25, 0.3) is 0 Å². The third-order valence-corrected chi connectivity index (χ3v) is 6.14. The fraction of sp³-hybridized carbons (Fsp3) is 0.545. The van der Waals surface area contributed by atoms with E-state index >= 15 is 0 Å². The maximum atomic E-state index is 12.6. The highest BCUT2D eigenvalue weighted by Crippen LogP contribution is 2.35. The number of aromatic nitrogens is 2. The minimum Gasteiger partial charge on any atom is -0.508 e. The van der Waals surface area contributed by atoms with Crippen LogP contribution in [0.3, 0.4) is 0 Å². The van der Waals surface area contributed by atoms with E-state index in [0.29, 0.717) is 36.9 Å². The summed E-state index contributed by atoms with van der Waals surface area (Å²) in [5, 5.41) is 9.88. The molecule has 1 aliphatic heterocycles. The largest absolute Gasteiger partial charge is 0.508 e. The summed E-state index contributed by atoms with van der Waals surface area (Å²) in [6, 6.07) is 3.19. The standard InChI is InChI=1S/C22H29N3O4/c1-28-19-10-15(26)11-20(29-2)17(19)12-25-9-8-16-18(13-25)23-21(24-22(16)27)14-6-4-3-5-7-14/h10-11,14,26H,3-9,12-13H2,1-2H3,(H,23,24,27). The Hall–Kier alpha value is -2.54. The first-order chi connectivity index (χ1) is 14.1. The van der Waals surface area contributed by atoms with Gasteiger partial charge in [-0.1, -0.05) is 19.3 Å². The number of hydrogen-bond donors (Lipinski definition) is 2. The Morgan fingerprint density at radius 1 is 1.17 bits per heavy atom. The number of phenols is 1. The monoisotopic (exact) mass is 399 g/mol. The molecule has 7 nitrogen and oxygen atoms in total. The van der Waals surface area contributed by atoms with E-state index in [1.807, 2.05) is 0 Å². The van der Waals surface area contributed by atoms with Crippen molar-refractivity contribution in [3.8, 4) is 17.2 Å². The zero-order valence-corrected chi connectivity index (χ0v) is 17.2. The van der Waals surface area contributed by atoms with Crippen LogP contribution in [0.5, 0.6) is 17.2 Å². The van der Waals surface area contributed by atoms with Crippen LogP contribution in [-0.4, -0.2) is 40.7 Å². The Kier molecular flexibility index (Phi) is 5.76. The molecule has 0 spiro atoms. The Bertz CT molecular complexity index is 909. The van der Waals surface area contributed by atoms with E-state index in [1.165, 1.54) is 19.3 Å². The number of rotatable bonds is 5. The lowest BCUT2D eigenvalue weighted by Crippen LogP contribution is -2.36. The molecule has 29 heavy (non-hydrogen) atoms. The molecule has 2 heterocycles. The maximum absolute atomic E-state index is 12.6. The van der Waals surface area contributed by atoms with Gasteiger partial charge in [0.25, 0.3) is 5.56 Å². The fourth-order valence-electron chi connectivity index (χ4n) is 4.57. The number of benzene rings is 1. The predicted molar refractivity (Wildman–Crippen MR) is 110 cm³/mol. The van der Waals surface area contributed by atoms with Gasteiger partial charge in [-0.3, -0.25) is 9.69 Å². The first-order valence-electron chi connectivity index (χ1n) is 10.4. The van der Waals surface area contributed by atoms with E-state index in [4.69, 9.17) is 14.5 Å². The third kappa shape index (κ3) is 4.10. The Morgan fingerprint density at radius 2 is 1.86 bits per heavy atom. The van der Waals surface area contributed by atoms with Gasteiger partial charge in [0, 0.05) is 43.2 Å². The Balaban J connectivity index is 1.59. The summed E-state index contributed by atoms with van der Waals surface area (Å²) in [6.45, 7) is 1.97.